The largest absolute Gasteiger partial charge is 0.472 e. The van der Waals surface area contributed by atoms with E-state index < -0.39 is 11.2 Å². The topological polar surface area (TPSA) is 90.1 Å². The summed E-state index contributed by atoms with van der Waals surface area (Å²) in [5.41, 5.74) is 1.29. The van der Waals surface area contributed by atoms with Crippen LogP contribution in [0.4, 0.5) is 4.39 Å². The van der Waals surface area contributed by atoms with Crippen LogP contribution in [-0.2, 0) is 12.2 Å². The average molecular weight is 529 g/mol. The van der Waals surface area contributed by atoms with Gasteiger partial charge in [0.15, 0.2) is 10.8 Å². The highest BCUT2D eigenvalue weighted by Gasteiger charge is 2.22. The van der Waals surface area contributed by atoms with Crippen LogP contribution in [0.5, 0.6) is 5.88 Å². The number of aliphatic hydroxyl groups is 1. The first-order chi connectivity index (χ1) is 17.0. The molecule has 10 heteroatoms. The quantitative estimate of drug-likeness (QED) is 0.352. The van der Waals surface area contributed by atoms with Gasteiger partial charge in [0.05, 0.1) is 16.4 Å². The molecule has 36 heavy (non-hydrogen) atoms. The first-order valence-corrected chi connectivity index (χ1v) is 11.7. The number of hydrogen-bond acceptors (Lipinski definition) is 6. The summed E-state index contributed by atoms with van der Waals surface area (Å²) in [7, 11) is 0. The molecule has 0 aliphatic rings. The molecule has 0 aliphatic heterocycles. The third kappa shape index (κ3) is 5.26. The highest BCUT2D eigenvalue weighted by Crippen LogP contribution is 2.31. The summed E-state index contributed by atoms with van der Waals surface area (Å²) in [6.45, 7) is 6.74. The average Bonchev–Trinajstić information content (AvgIpc) is 2.82. The second kappa shape index (κ2) is 9.97. The van der Waals surface area contributed by atoms with E-state index in [0.717, 1.165) is 5.56 Å². The standard InChI is InChI=1S/C26H23Cl2FN4O3/c1-14-12-30-25(26(3,4)35)32-22(14)17-7-10-19(27)20(11-17)33-15(2)31-23(21(28)24(33)34)36-13-16-5-8-18(29)9-6-16/h5-12,35H,13H2,1-4H3. The molecule has 1 N–H and O–H groups in total. The van der Waals surface area contributed by atoms with Crippen molar-refractivity contribution in [2.75, 3.05) is 0 Å². The maximum atomic E-state index is 13.3. The molecule has 2 aromatic heterocycles. The van der Waals surface area contributed by atoms with Gasteiger partial charge in [0.25, 0.3) is 5.56 Å². The SMILES string of the molecule is Cc1cnc(C(C)(C)O)nc1-c1ccc(Cl)c(-n2c(C)nc(OCc3ccc(F)cc3)c(Cl)c2=O)c1. The Labute approximate surface area is 217 Å². The normalized spacial score (nSPS) is 11.6. The van der Waals surface area contributed by atoms with Crippen LogP contribution in [0, 0.1) is 19.7 Å². The van der Waals surface area contributed by atoms with Crippen molar-refractivity contribution in [2.45, 2.75) is 39.9 Å². The second-order valence-electron chi connectivity index (χ2n) is 8.78. The predicted octanol–water partition coefficient (Wildman–Crippen LogP) is 5.56. The minimum Gasteiger partial charge on any atom is -0.472 e. The highest BCUT2D eigenvalue weighted by atomic mass is 35.5. The Kier molecular flexibility index (Phi) is 7.13. The maximum Gasteiger partial charge on any atom is 0.280 e. The fourth-order valence-corrected chi connectivity index (χ4v) is 3.94. The molecule has 2 heterocycles. The number of ether oxygens (including phenoxy) is 1. The van der Waals surface area contributed by atoms with E-state index in [1.54, 1.807) is 57.3 Å². The Bertz CT molecular complexity index is 1500. The van der Waals surface area contributed by atoms with Crippen molar-refractivity contribution >= 4 is 23.2 Å². The number of aromatic nitrogens is 4. The number of nitrogens with zero attached hydrogens (tertiary/aromatic N) is 4. The molecule has 0 spiro atoms. The van der Waals surface area contributed by atoms with E-state index in [-0.39, 0.29) is 29.2 Å². The minimum absolute atomic E-state index is 0.0338. The van der Waals surface area contributed by atoms with Crippen LogP contribution in [0.2, 0.25) is 10.0 Å². The summed E-state index contributed by atoms with van der Waals surface area (Å²) < 4.78 is 20.1. The van der Waals surface area contributed by atoms with Gasteiger partial charge in [0.1, 0.15) is 23.8 Å². The second-order valence-corrected chi connectivity index (χ2v) is 9.57. The Balaban J connectivity index is 1.75. The van der Waals surface area contributed by atoms with Gasteiger partial charge in [-0.25, -0.2) is 14.4 Å². The Hall–Kier alpha value is -3.33. The minimum atomic E-state index is -1.23. The van der Waals surface area contributed by atoms with Crippen LogP contribution in [0.3, 0.4) is 0 Å². The molecule has 0 unspecified atom stereocenters. The van der Waals surface area contributed by atoms with Crippen LogP contribution in [-0.4, -0.2) is 24.6 Å². The third-order valence-corrected chi connectivity index (χ3v) is 6.08. The molecule has 0 radical (unpaired) electrons. The van der Waals surface area contributed by atoms with E-state index in [9.17, 15) is 14.3 Å². The van der Waals surface area contributed by atoms with Gasteiger partial charge in [-0.3, -0.25) is 9.36 Å². The zero-order valence-corrected chi connectivity index (χ0v) is 21.5. The molecule has 4 rings (SSSR count). The van der Waals surface area contributed by atoms with Gasteiger partial charge in [-0.05, 0) is 63.1 Å². The summed E-state index contributed by atoms with van der Waals surface area (Å²) in [4.78, 5) is 26.4. The first-order valence-electron chi connectivity index (χ1n) is 11.0. The van der Waals surface area contributed by atoms with Crippen molar-refractivity contribution < 1.29 is 14.2 Å². The monoisotopic (exact) mass is 528 g/mol. The van der Waals surface area contributed by atoms with Crippen molar-refractivity contribution in [2.24, 2.45) is 0 Å². The van der Waals surface area contributed by atoms with Crippen LogP contribution < -0.4 is 10.3 Å². The fourth-order valence-electron chi connectivity index (χ4n) is 3.55. The van der Waals surface area contributed by atoms with E-state index in [0.29, 0.717) is 33.4 Å². The van der Waals surface area contributed by atoms with Gasteiger partial charge in [0, 0.05) is 11.8 Å². The Morgan fingerprint density at radius 1 is 1.08 bits per heavy atom. The maximum absolute atomic E-state index is 13.3. The third-order valence-electron chi connectivity index (χ3n) is 5.43. The highest BCUT2D eigenvalue weighted by molar-refractivity contribution is 6.33. The van der Waals surface area contributed by atoms with Gasteiger partial charge >= 0.3 is 0 Å². The molecule has 0 amide bonds. The van der Waals surface area contributed by atoms with Crippen molar-refractivity contribution in [3.05, 3.63) is 97.7 Å². The van der Waals surface area contributed by atoms with E-state index >= 15 is 0 Å². The van der Waals surface area contributed by atoms with Gasteiger partial charge in [-0.15, -0.1) is 0 Å². The van der Waals surface area contributed by atoms with Gasteiger partial charge in [0.2, 0.25) is 5.88 Å². The summed E-state index contributed by atoms with van der Waals surface area (Å²) in [6.07, 6.45) is 1.63. The molecule has 186 valence electrons. The molecule has 7 nitrogen and oxygen atoms in total. The lowest BCUT2D eigenvalue weighted by molar-refractivity contribution is 0.0688. The summed E-state index contributed by atoms with van der Waals surface area (Å²) >= 11 is 12.8. The van der Waals surface area contributed by atoms with E-state index in [1.165, 1.54) is 16.7 Å². The molecule has 4 aromatic rings. The number of hydrogen-bond donors (Lipinski definition) is 1. The lowest BCUT2D eigenvalue weighted by Gasteiger charge is -2.18. The lowest BCUT2D eigenvalue weighted by Crippen LogP contribution is -2.24. The predicted molar refractivity (Wildman–Crippen MR) is 136 cm³/mol. The lowest BCUT2D eigenvalue weighted by atomic mass is 10.0. The van der Waals surface area contributed by atoms with Crippen LogP contribution in [0.25, 0.3) is 16.9 Å². The number of aryl methyl sites for hydroxylation is 2. The fraction of sp³-hybridized carbons (Fsp3) is 0.231. The molecule has 0 fully saturated rings. The molecule has 0 saturated carbocycles. The van der Waals surface area contributed by atoms with Gasteiger partial charge in [-0.1, -0.05) is 41.4 Å². The molecule has 0 atom stereocenters. The van der Waals surface area contributed by atoms with E-state index in [1.807, 2.05) is 6.92 Å². The molecular weight excluding hydrogens is 506 g/mol. The number of benzene rings is 2. The van der Waals surface area contributed by atoms with Crippen LogP contribution in [0.1, 0.15) is 36.6 Å². The molecular formula is C26H23Cl2FN4O3. The smallest absolute Gasteiger partial charge is 0.280 e. The van der Waals surface area contributed by atoms with Crippen molar-refractivity contribution in [3.63, 3.8) is 0 Å². The van der Waals surface area contributed by atoms with Gasteiger partial charge in [-0.2, -0.15) is 4.98 Å². The molecule has 0 bridgehead atoms. The first kappa shape index (κ1) is 25.8. The molecule has 0 saturated heterocycles. The zero-order valence-electron chi connectivity index (χ0n) is 20.0. The summed E-state index contributed by atoms with van der Waals surface area (Å²) in [6, 6.07) is 10.9. The number of rotatable bonds is 6. The summed E-state index contributed by atoms with van der Waals surface area (Å²) in [5.74, 6) is 0.170. The van der Waals surface area contributed by atoms with E-state index in [4.69, 9.17) is 27.9 Å². The molecule has 0 aliphatic carbocycles. The van der Waals surface area contributed by atoms with Gasteiger partial charge < -0.3 is 9.84 Å². The van der Waals surface area contributed by atoms with E-state index in [2.05, 4.69) is 15.0 Å². The van der Waals surface area contributed by atoms with Crippen LogP contribution in [0.15, 0.2) is 53.5 Å². The van der Waals surface area contributed by atoms with Crippen molar-refractivity contribution in [1.29, 1.82) is 0 Å². The van der Waals surface area contributed by atoms with Crippen LogP contribution >= 0.6 is 23.2 Å². The number of halogens is 3. The van der Waals surface area contributed by atoms with Crippen molar-refractivity contribution in [1.82, 2.24) is 19.5 Å². The summed E-state index contributed by atoms with van der Waals surface area (Å²) in [5, 5.41) is 10.4. The Morgan fingerprint density at radius 3 is 2.44 bits per heavy atom. The molecule has 2 aromatic carbocycles. The van der Waals surface area contributed by atoms with Crippen molar-refractivity contribution in [3.8, 4) is 22.8 Å². The zero-order chi connectivity index (χ0) is 26.2. The Morgan fingerprint density at radius 2 is 1.78 bits per heavy atom.